The normalized spacial score (nSPS) is 10.4. The van der Waals surface area contributed by atoms with Gasteiger partial charge in [0.1, 0.15) is 12.1 Å². The molecule has 100 valence electrons. The number of nitrogens with two attached hydrogens (primary N) is 1. The Kier molecular flexibility index (Phi) is 4.30. The van der Waals surface area contributed by atoms with Gasteiger partial charge in [-0.05, 0) is 24.2 Å². The van der Waals surface area contributed by atoms with Crippen molar-refractivity contribution in [3.63, 3.8) is 0 Å². The highest BCUT2D eigenvalue weighted by atomic mass is 16.5. The molecule has 0 aliphatic carbocycles. The molecule has 0 radical (unpaired) electrons. The first-order valence-electron chi connectivity index (χ1n) is 6.12. The lowest BCUT2D eigenvalue weighted by atomic mass is 10.1. The number of hydrogen-bond donors (Lipinski definition) is 1. The summed E-state index contributed by atoms with van der Waals surface area (Å²) in [6.07, 6.45) is 4.26. The Bertz CT molecular complexity index is 563. The molecule has 1 aromatic heterocycles. The number of nitrogens with zero attached hydrogens (tertiary/aromatic N) is 2. The minimum absolute atomic E-state index is 0.0241. The van der Waals surface area contributed by atoms with Crippen molar-refractivity contribution in [2.75, 3.05) is 13.7 Å². The van der Waals surface area contributed by atoms with Crippen molar-refractivity contribution in [3.05, 3.63) is 48.0 Å². The highest BCUT2D eigenvalue weighted by molar-refractivity contribution is 5.81. The molecule has 0 atom stereocenters. The van der Waals surface area contributed by atoms with Gasteiger partial charge in [0.05, 0.1) is 19.2 Å². The average molecular weight is 259 g/mol. The van der Waals surface area contributed by atoms with Crippen molar-refractivity contribution < 1.29 is 9.53 Å². The first-order chi connectivity index (χ1) is 9.22. The van der Waals surface area contributed by atoms with Crippen LogP contribution in [0.25, 0.3) is 0 Å². The minimum atomic E-state index is -0.0241. The molecule has 0 unspecified atom stereocenters. The SMILES string of the molecule is COc1cccc(CC(=O)n2cnc(CCN)c2)c1. The third kappa shape index (κ3) is 3.42. The van der Waals surface area contributed by atoms with Crippen molar-refractivity contribution in [3.8, 4) is 5.75 Å². The van der Waals surface area contributed by atoms with Crippen molar-refractivity contribution >= 4 is 5.91 Å². The van der Waals surface area contributed by atoms with E-state index in [1.807, 2.05) is 24.3 Å². The maximum Gasteiger partial charge on any atom is 0.236 e. The fraction of sp³-hybridized carbons (Fsp3) is 0.286. The molecule has 1 heterocycles. The molecule has 1 aromatic carbocycles. The van der Waals surface area contributed by atoms with Crippen LogP contribution in [0.1, 0.15) is 16.1 Å². The van der Waals surface area contributed by atoms with Gasteiger partial charge in [-0.3, -0.25) is 9.36 Å². The molecule has 0 bridgehead atoms. The van der Waals surface area contributed by atoms with Crippen LogP contribution in [0.4, 0.5) is 0 Å². The summed E-state index contributed by atoms with van der Waals surface area (Å²) in [7, 11) is 1.61. The summed E-state index contributed by atoms with van der Waals surface area (Å²) < 4.78 is 6.64. The molecule has 0 aliphatic rings. The van der Waals surface area contributed by atoms with Crippen LogP contribution in [0, 0.1) is 0 Å². The lowest BCUT2D eigenvalue weighted by molar-refractivity contribution is 0.0914. The van der Waals surface area contributed by atoms with Crippen LogP contribution < -0.4 is 10.5 Å². The molecule has 2 rings (SSSR count). The Morgan fingerprint density at radius 1 is 1.47 bits per heavy atom. The number of carbonyl (C=O) groups excluding carboxylic acids is 1. The summed E-state index contributed by atoms with van der Waals surface area (Å²) in [5, 5.41) is 0. The largest absolute Gasteiger partial charge is 0.497 e. The summed E-state index contributed by atoms with van der Waals surface area (Å²) in [5.41, 5.74) is 7.20. The smallest absolute Gasteiger partial charge is 0.236 e. The second kappa shape index (κ2) is 6.15. The van der Waals surface area contributed by atoms with Gasteiger partial charge in [-0.2, -0.15) is 0 Å². The maximum absolute atomic E-state index is 12.1. The van der Waals surface area contributed by atoms with Crippen LogP contribution in [-0.4, -0.2) is 29.1 Å². The molecule has 0 saturated heterocycles. The van der Waals surface area contributed by atoms with Crippen LogP contribution in [0.15, 0.2) is 36.8 Å². The van der Waals surface area contributed by atoms with Gasteiger partial charge in [-0.1, -0.05) is 12.1 Å². The molecular weight excluding hydrogens is 242 g/mol. The summed E-state index contributed by atoms with van der Waals surface area (Å²) >= 11 is 0. The van der Waals surface area contributed by atoms with Crippen LogP contribution in [0.3, 0.4) is 0 Å². The number of methoxy groups -OCH3 is 1. The van der Waals surface area contributed by atoms with Gasteiger partial charge in [0.15, 0.2) is 0 Å². The van der Waals surface area contributed by atoms with Crippen LogP contribution in [-0.2, 0) is 12.8 Å². The lowest BCUT2D eigenvalue weighted by Gasteiger charge is -2.04. The highest BCUT2D eigenvalue weighted by Crippen LogP contribution is 2.13. The Morgan fingerprint density at radius 3 is 3.05 bits per heavy atom. The maximum atomic E-state index is 12.1. The Labute approximate surface area is 112 Å². The van der Waals surface area contributed by atoms with E-state index in [1.54, 1.807) is 13.3 Å². The quantitative estimate of drug-likeness (QED) is 0.878. The number of aromatic nitrogens is 2. The third-order valence-corrected chi connectivity index (χ3v) is 2.81. The monoisotopic (exact) mass is 259 g/mol. The van der Waals surface area contributed by atoms with E-state index in [9.17, 15) is 4.79 Å². The van der Waals surface area contributed by atoms with E-state index in [2.05, 4.69) is 4.98 Å². The summed E-state index contributed by atoms with van der Waals surface area (Å²) in [6, 6.07) is 7.48. The summed E-state index contributed by atoms with van der Waals surface area (Å²) in [6.45, 7) is 0.529. The molecule has 0 spiro atoms. The number of rotatable bonds is 5. The van der Waals surface area contributed by atoms with Crippen molar-refractivity contribution in [1.82, 2.24) is 9.55 Å². The van der Waals surface area contributed by atoms with Crippen LogP contribution >= 0.6 is 0 Å². The first kappa shape index (κ1) is 13.3. The highest BCUT2D eigenvalue weighted by Gasteiger charge is 2.08. The predicted octanol–water partition coefficient (Wildman–Crippen LogP) is 1.28. The molecule has 5 heteroatoms. The van der Waals surface area contributed by atoms with E-state index in [4.69, 9.17) is 10.5 Å². The molecule has 0 fully saturated rings. The number of carbonyl (C=O) groups is 1. The molecule has 0 aliphatic heterocycles. The van der Waals surface area contributed by atoms with Gasteiger partial charge in [0.25, 0.3) is 0 Å². The zero-order chi connectivity index (χ0) is 13.7. The van der Waals surface area contributed by atoms with E-state index in [0.717, 1.165) is 17.0 Å². The van der Waals surface area contributed by atoms with Gasteiger partial charge in [-0.25, -0.2) is 4.98 Å². The molecule has 5 nitrogen and oxygen atoms in total. The third-order valence-electron chi connectivity index (χ3n) is 2.81. The molecule has 0 saturated carbocycles. The molecular formula is C14H17N3O2. The summed E-state index contributed by atoms with van der Waals surface area (Å²) in [5.74, 6) is 0.726. The van der Waals surface area contributed by atoms with E-state index in [1.165, 1.54) is 10.9 Å². The fourth-order valence-electron chi connectivity index (χ4n) is 1.83. The molecule has 0 amide bonds. The van der Waals surface area contributed by atoms with Crippen molar-refractivity contribution in [2.45, 2.75) is 12.8 Å². The van der Waals surface area contributed by atoms with Gasteiger partial charge >= 0.3 is 0 Å². The zero-order valence-corrected chi connectivity index (χ0v) is 10.9. The van der Waals surface area contributed by atoms with E-state index in [0.29, 0.717) is 19.4 Å². The number of benzene rings is 1. The van der Waals surface area contributed by atoms with Crippen molar-refractivity contribution in [1.29, 1.82) is 0 Å². The molecule has 2 aromatic rings. The number of ether oxygens (including phenoxy) is 1. The number of imidazole rings is 1. The summed E-state index contributed by atoms with van der Waals surface area (Å²) in [4.78, 5) is 16.2. The molecule has 19 heavy (non-hydrogen) atoms. The molecule has 2 N–H and O–H groups in total. The Balaban J connectivity index is 2.06. The van der Waals surface area contributed by atoms with E-state index >= 15 is 0 Å². The van der Waals surface area contributed by atoms with E-state index < -0.39 is 0 Å². The van der Waals surface area contributed by atoms with Gasteiger partial charge in [-0.15, -0.1) is 0 Å². The van der Waals surface area contributed by atoms with Gasteiger partial charge in [0, 0.05) is 12.6 Å². The average Bonchev–Trinajstić information content (AvgIpc) is 2.88. The Morgan fingerprint density at radius 2 is 2.32 bits per heavy atom. The Hall–Kier alpha value is -2.14. The lowest BCUT2D eigenvalue weighted by Crippen LogP contribution is -2.11. The standard InChI is InChI=1S/C14H17N3O2/c1-19-13-4-2-3-11(7-13)8-14(18)17-9-12(5-6-15)16-10-17/h2-4,7,9-10H,5-6,8,15H2,1H3. The minimum Gasteiger partial charge on any atom is -0.497 e. The topological polar surface area (TPSA) is 70.1 Å². The predicted molar refractivity (Wildman–Crippen MR) is 72.3 cm³/mol. The van der Waals surface area contributed by atoms with Gasteiger partial charge < -0.3 is 10.5 Å². The second-order valence-electron chi connectivity index (χ2n) is 4.23. The van der Waals surface area contributed by atoms with Crippen LogP contribution in [0.2, 0.25) is 0 Å². The van der Waals surface area contributed by atoms with Gasteiger partial charge in [0.2, 0.25) is 5.91 Å². The number of hydrogen-bond acceptors (Lipinski definition) is 4. The second-order valence-corrected chi connectivity index (χ2v) is 4.23. The van der Waals surface area contributed by atoms with Crippen molar-refractivity contribution in [2.24, 2.45) is 5.73 Å². The zero-order valence-electron chi connectivity index (χ0n) is 10.9. The first-order valence-corrected chi connectivity index (χ1v) is 6.12. The van der Waals surface area contributed by atoms with E-state index in [-0.39, 0.29) is 5.91 Å². The van der Waals surface area contributed by atoms with Crippen LogP contribution in [0.5, 0.6) is 5.75 Å². The fourth-order valence-corrected chi connectivity index (χ4v) is 1.83.